The minimum Gasteiger partial charge on any atom is -0.480 e. The highest BCUT2D eigenvalue weighted by molar-refractivity contribution is 5.81. The average molecular weight is 213 g/mol. The highest BCUT2D eigenvalue weighted by atomic mass is 16.7. The molecular formula is C10H15NO4. The second-order valence-corrected chi connectivity index (χ2v) is 4.46. The molecule has 0 saturated carbocycles. The number of carbonyl (C=O) groups excluding carboxylic acids is 1. The van der Waals surface area contributed by atoms with Crippen molar-refractivity contribution in [1.29, 1.82) is 0 Å². The Morgan fingerprint density at radius 1 is 1.60 bits per heavy atom. The summed E-state index contributed by atoms with van der Waals surface area (Å²) >= 11 is 0. The molecule has 1 aliphatic heterocycles. The van der Waals surface area contributed by atoms with Crippen LogP contribution in [0.15, 0.2) is 5.57 Å². The van der Waals surface area contributed by atoms with E-state index in [-0.39, 0.29) is 5.57 Å². The monoisotopic (exact) mass is 213 g/mol. The molecule has 1 heterocycles. The van der Waals surface area contributed by atoms with Crippen LogP contribution in [0.4, 0.5) is 0 Å². The number of carboxylic acids is 1. The van der Waals surface area contributed by atoms with Crippen molar-refractivity contribution in [2.45, 2.75) is 38.8 Å². The third kappa shape index (κ3) is 2.89. The number of carboxylic acid groups (broad SMARTS) is 1. The normalized spacial score (nSPS) is 22.9. The van der Waals surface area contributed by atoms with Crippen LogP contribution < -0.4 is 0 Å². The summed E-state index contributed by atoms with van der Waals surface area (Å²) in [4.78, 5) is 26.9. The van der Waals surface area contributed by atoms with Gasteiger partial charge in [-0.2, -0.15) is 5.06 Å². The minimum absolute atomic E-state index is 0.242. The van der Waals surface area contributed by atoms with E-state index in [1.54, 1.807) is 5.94 Å². The molecule has 0 unspecified atom stereocenters. The molecule has 0 aromatic carbocycles. The first-order valence-electron chi connectivity index (χ1n) is 4.77. The molecule has 1 atom stereocenters. The second kappa shape index (κ2) is 4.14. The van der Waals surface area contributed by atoms with Gasteiger partial charge < -0.3 is 5.11 Å². The van der Waals surface area contributed by atoms with Crippen molar-refractivity contribution in [3.63, 3.8) is 0 Å². The maximum Gasteiger partial charge on any atom is 0.328 e. The van der Waals surface area contributed by atoms with Crippen LogP contribution in [0.2, 0.25) is 0 Å². The Morgan fingerprint density at radius 2 is 2.20 bits per heavy atom. The van der Waals surface area contributed by atoms with Gasteiger partial charge >= 0.3 is 5.97 Å². The van der Waals surface area contributed by atoms with E-state index >= 15 is 0 Å². The average Bonchev–Trinajstić information content (AvgIpc) is 2.44. The van der Waals surface area contributed by atoms with Gasteiger partial charge in [0.15, 0.2) is 6.04 Å². The van der Waals surface area contributed by atoms with Crippen LogP contribution in [0.3, 0.4) is 0 Å². The van der Waals surface area contributed by atoms with Crippen molar-refractivity contribution < 1.29 is 19.5 Å². The van der Waals surface area contributed by atoms with Crippen LogP contribution >= 0.6 is 0 Å². The van der Waals surface area contributed by atoms with Crippen molar-refractivity contribution in [2.24, 2.45) is 0 Å². The number of hydroxylamine groups is 2. The van der Waals surface area contributed by atoms with Gasteiger partial charge in [-0.05, 0) is 27.2 Å². The summed E-state index contributed by atoms with van der Waals surface area (Å²) in [6.45, 7) is 5.90. The first-order valence-corrected chi connectivity index (χ1v) is 4.77. The zero-order valence-corrected chi connectivity index (χ0v) is 9.11. The molecule has 0 aromatic rings. The van der Waals surface area contributed by atoms with Crippen molar-refractivity contribution in [2.75, 3.05) is 6.54 Å². The number of nitrogens with zero attached hydrogens (tertiary/aromatic N) is 1. The summed E-state index contributed by atoms with van der Waals surface area (Å²) in [5.41, 5.74) is -0.224. The van der Waals surface area contributed by atoms with E-state index in [0.29, 0.717) is 13.0 Å². The maximum absolute atomic E-state index is 10.9. The third-order valence-corrected chi connectivity index (χ3v) is 1.98. The lowest BCUT2D eigenvalue weighted by molar-refractivity contribution is -0.234. The number of hydrogen-bond acceptors (Lipinski definition) is 4. The highest BCUT2D eigenvalue weighted by Gasteiger charge is 2.38. The lowest BCUT2D eigenvalue weighted by Crippen LogP contribution is -2.41. The van der Waals surface area contributed by atoms with Gasteiger partial charge in [-0.25, -0.2) is 4.79 Å². The maximum atomic E-state index is 10.9. The molecule has 0 aromatic heterocycles. The van der Waals surface area contributed by atoms with Crippen LogP contribution in [0.1, 0.15) is 27.2 Å². The first-order chi connectivity index (χ1) is 6.85. The fraction of sp³-hybridized carbons (Fsp3) is 0.700. The molecule has 0 aliphatic carbocycles. The number of carbonyl (C=O) groups is 1. The molecule has 1 fully saturated rings. The van der Waals surface area contributed by atoms with E-state index < -0.39 is 17.6 Å². The summed E-state index contributed by atoms with van der Waals surface area (Å²) < 4.78 is 0. The van der Waals surface area contributed by atoms with Crippen molar-refractivity contribution in [1.82, 2.24) is 5.06 Å². The SMILES string of the molecule is CC(C)(C)ON1CCC(=C=O)[C@H]1C(=O)O. The zero-order valence-electron chi connectivity index (χ0n) is 9.11. The molecule has 15 heavy (non-hydrogen) atoms. The summed E-state index contributed by atoms with van der Waals surface area (Å²) in [7, 11) is 0. The lowest BCUT2D eigenvalue weighted by Gasteiger charge is -2.28. The fourth-order valence-electron chi connectivity index (χ4n) is 1.50. The quantitative estimate of drug-likeness (QED) is 0.681. The molecule has 84 valence electrons. The number of aliphatic carboxylic acids is 1. The fourth-order valence-corrected chi connectivity index (χ4v) is 1.50. The van der Waals surface area contributed by atoms with Gasteiger partial charge in [0.2, 0.25) is 0 Å². The summed E-state index contributed by atoms with van der Waals surface area (Å²) in [5, 5.41) is 10.3. The van der Waals surface area contributed by atoms with Crippen molar-refractivity contribution in [3.8, 4) is 0 Å². The molecule has 0 amide bonds. The number of rotatable bonds is 2. The molecule has 0 bridgehead atoms. The van der Waals surface area contributed by atoms with E-state index in [9.17, 15) is 9.59 Å². The van der Waals surface area contributed by atoms with Crippen LogP contribution in [-0.4, -0.2) is 40.3 Å². The predicted octanol–water partition coefficient (Wildman–Crippen LogP) is 0.633. The number of hydrogen-bond donors (Lipinski definition) is 1. The Hall–Kier alpha value is -1.16. The molecule has 1 rings (SSSR count). The topological polar surface area (TPSA) is 66.8 Å². The lowest BCUT2D eigenvalue weighted by atomic mass is 10.1. The highest BCUT2D eigenvalue weighted by Crippen LogP contribution is 2.25. The van der Waals surface area contributed by atoms with E-state index in [1.165, 1.54) is 5.06 Å². The molecule has 5 heteroatoms. The molecule has 0 radical (unpaired) electrons. The smallest absolute Gasteiger partial charge is 0.328 e. The van der Waals surface area contributed by atoms with Gasteiger partial charge in [-0.3, -0.25) is 9.63 Å². The Kier molecular flexibility index (Phi) is 3.29. The van der Waals surface area contributed by atoms with Gasteiger partial charge in [0.25, 0.3) is 0 Å². The van der Waals surface area contributed by atoms with Crippen LogP contribution in [0.25, 0.3) is 0 Å². The summed E-state index contributed by atoms with van der Waals surface area (Å²) in [6, 6.07) is -0.985. The Bertz CT molecular complexity index is 312. The molecular weight excluding hydrogens is 198 g/mol. The zero-order chi connectivity index (χ0) is 11.6. The van der Waals surface area contributed by atoms with Gasteiger partial charge in [0.05, 0.1) is 5.60 Å². The van der Waals surface area contributed by atoms with E-state index in [1.807, 2.05) is 20.8 Å². The molecule has 1 aliphatic rings. The Morgan fingerprint density at radius 3 is 2.60 bits per heavy atom. The van der Waals surface area contributed by atoms with Gasteiger partial charge in [-0.15, -0.1) is 0 Å². The minimum atomic E-state index is -1.07. The van der Waals surface area contributed by atoms with Gasteiger partial charge in [0.1, 0.15) is 5.94 Å². The second-order valence-electron chi connectivity index (χ2n) is 4.46. The van der Waals surface area contributed by atoms with Crippen molar-refractivity contribution in [3.05, 3.63) is 5.57 Å². The van der Waals surface area contributed by atoms with E-state index in [0.717, 1.165) is 0 Å². The van der Waals surface area contributed by atoms with Crippen LogP contribution in [0.5, 0.6) is 0 Å². The van der Waals surface area contributed by atoms with E-state index in [4.69, 9.17) is 9.94 Å². The molecule has 0 spiro atoms. The molecule has 5 nitrogen and oxygen atoms in total. The molecule has 1 saturated heterocycles. The summed E-state index contributed by atoms with van der Waals surface area (Å²) in [5.74, 6) is 0.601. The van der Waals surface area contributed by atoms with Crippen molar-refractivity contribution >= 4 is 11.9 Å². The Labute approximate surface area is 88.3 Å². The largest absolute Gasteiger partial charge is 0.480 e. The molecule has 1 N–H and O–H groups in total. The summed E-state index contributed by atoms with van der Waals surface area (Å²) in [6.07, 6.45) is 0.399. The van der Waals surface area contributed by atoms with Gasteiger partial charge in [0, 0.05) is 12.1 Å². The predicted molar refractivity (Wildman–Crippen MR) is 52.8 cm³/mol. The van der Waals surface area contributed by atoms with Crippen LogP contribution in [0, 0.1) is 0 Å². The first kappa shape index (κ1) is 11.9. The van der Waals surface area contributed by atoms with Crippen LogP contribution in [-0.2, 0) is 14.4 Å². The standard InChI is InChI=1S/C10H15NO4/c1-10(2,3)15-11-5-4-7(6-12)8(11)9(13)14/h8H,4-5H2,1-3H3,(H,13,14)/t8-/m0/s1. The van der Waals surface area contributed by atoms with E-state index in [2.05, 4.69) is 0 Å². The van der Waals surface area contributed by atoms with Gasteiger partial charge in [-0.1, -0.05) is 0 Å². The third-order valence-electron chi connectivity index (χ3n) is 1.98. The Balaban J connectivity index is 2.83.